The first-order valence-electron chi connectivity index (χ1n) is 6.10. The normalized spacial score (nSPS) is 27.2. The van der Waals surface area contributed by atoms with Crippen molar-refractivity contribution in [2.24, 2.45) is 0 Å². The Balaban J connectivity index is 2.14. The van der Waals surface area contributed by atoms with Crippen molar-refractivity contribution in [3.63, 3.8) is 0 Å². The van der Waals surface area contributed by atoms with Gasteiger partial charge in [0.05, 0.1) is 22.3 Å². The maximum absolute atomic E-state index is 13.2. The zero-order valence-electron chi connectivity index (χ0n) is 10.7. The van der Waals surface area contributed by atoms with Gasteiger partial charge in [-0.2, -0.15) is 0 Å². The molecule has 1 aromatic rings. The van der Waals surface area contributed by atoms with E-state index in [1.807, 2.05) is 13.8 Å². The van der Waals surface area contributed by atoms with Crippen LogP contribution in [0.4, 0.5) is 4.39 Å². The fraction of sp³-hybridized carbons (Fsp3) is 0.571. The molecule has 18 heavy (non-hydrogen) atoms. The van der Waals surface area contributed by atoms with Gasteiger partial charge in [0, 0.05) is 12.8 Å². The number of hydrogen-bond acceptors (Lipinski definition) is 2. The van der Waals surface area contributed by atoms with Gasteiger partial charge in [-0.05, 0) is 53.9 Å². The van der Waals surface area contributed by atoms with Gasteiger partial charge < -0.3 is 9.84 Å². The van der Waals surface area contributed by atoms with Crippen LogP contribution in [-0.2, 0) is 11.2 Å². The van der Waals surface area contributed by atoms with Gasteiger partial charge in [0.1, 0.15) is 5.82 Å². The smallest absolute Gasteiger partial charge is 0.137 e. The summed E-state index contributed by atoms with van der Waals surface area (Å²) < 4.78 is 19.2. The second-order valence-electron chi connectivity index (χ2n) is 5.68. The van der Waals surface area contributed by atoms with Crippen molar-refractivity contribution in [1.82, 2.24) is 0 Å². The first-order valence-corrected chi connectivity index (χ1v) is 6.89. The number of benzene rings is 1. The Morgan fingerprint density at radius 2 is 2.17 bits per heavy atom. The third-order valence-corrected chi connectivity index (χ3v) is 3.94. The van der Waals surface area contributed by atoms with Crippen molar-refractivity contribution in [2.75, 3.05) is 6.61 Å². The third-order valence-electron chi connectivity index (χ3n) is 3.33. The van der Waals surface area contributed by atoms with E-state index in [2.05, 4.69) is 15.9 Å². The molecule has 2 rings (SSSR count). The van der Waals surface area contributed by atoms with Crippen molar-refractivity contribution in [1.29, 1.82) is 0 Å². The second kappa shape index (κ2) is 4.91. The van der Waals surface area contributed by atoms with Gasteiger partial charge >= 0.3 is 0 Å². The lowest BCUT2D eigenvalue weighted by atomic mass is 9.80. The number of ether oxygens (including phenoxy) is 1. The van der Waals surface area contributed by atoms with Crippen LogP contribution in [0.25, 0.3) is 0 Å². The molecule has 1 aliphatic rings. The molecule has 1 saturated heterocycles. The molecule has 0 spiro atoms. The lowest BCUT2D eigenvalue weighted by Crippen LogP contribution is -2.47. The van der Waals surface area contributed by atoms with E-state index in [1.165, 1.54) is 6.07 Å². The predicted octanol–water partition coefficient (Wildman–Crippen LogP) is 3.45. The Morgan fingerprint density at radius 1 is 1.44 bits per heavy atom. The van der Waals surface area contributed by atoms with Crippen LogP contribution in [0.2, 0.25) is 0 Å². The van der Waals surface area contributed by atoms with Gasteiger partial charge in [0.2, 0.25) is 0 Å². The maximum atomic E-state index is 13.2. The van der Waals surface area contributed by atoms with E-state index in [-0.39, 0.29) is 11.4 Å². The fourth-order valence-corrected chi connectivity index (χ4v) is 3.06. The van der Waals surface area contributed by atoms with Crippen LogP contribution in [0, 0.1) is 5.82 Å². The van der Waals surface area contributed by atoms with Crippen LogP contribution in [0.3, 0.4) is 0 Å². The summed E-state index contributed by atoms with van der Waals surface area (Å²) in [6, 6.07) is 4.88. The lowest BCUT2D eigenvalue weighted by Gasteiger charge is -2.41. The molecule has 100 valence electrons. The summed E-state index contributed by atoms with van der Waals surface area (Å²) in [6.45, 7) is 4.53. The molecule has 0 amide bonds. The summed E-state index contributed by atoms with van der Waals surface area (Å²) in [5, 5.41) is 10.6. The SMILES string of the molecule is CC1(C)CC(O)(Cc2ccc(F)c(Br)c2)CCO1. The summed E-state index contributed by atoms with van der Waals surface area (Å²) in [7, 11) is 0. The largest absolute Gasteiger partial charge is 0.389 e. The number of hydrogen-bond donors (Lipinski definition) is 1. The van der Waals surface area contributed by atoms with E-state index < -0.39 is 5.60 Å². The fourth-order valence-electron chi connectivity index (χ4n) is 2.63. The van der Waals surface area contributed by atoms with Crippen LogP contribution in [0.5, 0.6) is 0 Å². The van der Waals surface area contributed by atoms with Crippen LogP contribution >= 0.6 is 15.9 Å². The summed E-state index contributed by atoms with van der Waals surface area (Å²) in [5.41, 5.74) is -0.132. The predicted molar refractivity (Wildman–Crippen MR) is 72.0 cm³/mol. The Labute approximate surface area is 115 Å². The Morgan fingerprint density at radius 3 is 2.78 bits per heavy atom. The zero-order valence-corrected chi connectivity index (χ0v) is 12.3. The molecule has 1 atom stereocenters. The standard InChI is InChI=1S/C14H18BrFO2/c1-13(2)9-14(17,5-6-18-13)8-10-3-4-12(16)11(15)7-10/h3-4,7,17H,5-6,8-9H2,1-2H3. The van der Waals surface area contributed by atoms with E-state index in [9.17, 15) is 9.50 Å². The summed E-state index contributed by atoms with van der Waals surface area (Å²) >= 11 is 3.17. The average molecular weight is 317 g/mol. The van der Waals surface area contributed by atoms with Crippen LogP contribution in [0.15, 0.2) is 22.7 Å². The minimum absolute atomic E-state index is 0.280. The highest BCUT2D eigenvalue weighted by molar-refractivity contribution is 9.10. The molecule has 0 aromatic heterocycles. The molecule has 0 bridgehead atoms. The van der Waals surface area contributed by atoms with Crippen LogP contribution in [0.1, 0.15) is 32.3 Å². The van der Waals surface area contributed by atoms with E-state index in [1.54, 1.807) is 12.1 Å². The first kappa shape index (κ1) is 14.0. The Kier molecular flexibility index (Phi) is 3.81. The molecule has 1 N–H and O–H groups in total. The topological polar surface area (TPSA) is 29.5 Å². The molecule has 1 aromatic carbocycles. The number of halogens is 2. The minimum Gasteiger partial charge on any atom is -0.389 e. The molecule has 1 aliphatic heterocycles. The molecule has 1 heterocycles. The molecule has 0 saturated carbocycles. The molecule has 0 aliphatic carbocycles. The highest BCUT2D eigenvalue weighted by atomic mass is 79.9. The molecule has 1 fully saturated rings. The summed E-state index contributed by atoms with van der Waals surface area (Å²) in [6.07, 6.45) is 1.74. The van der Waals surface area contributed by atoms with E-state index in [0.29, 0.717) is 30.3 Å². The third kappa shape index (κ3) is 3.31. The molecule has 1 unspecified atom stereocenters. The van der Waals surface area contributed by atoms with Gasteiger partial charge in [-0.3, -0.25) is 0 Å². The van der Waals surface area contributed by atoms with Crippen molar-refractivity contribution < 1.29 is 14.2 Å². The van der Waals surface area contributed by atoms with E-state index in [0.717, 1.165) is 5.56 Å². The lowest BCUT2D eigenvalue weighted by molar-refractivity contribution is -0.143. The molecule has 4 heteroatoms. The molecular weight excluding hydrogens is 299 g/mol. The minimum atomic E-state index is -0.765. The van der Waals surface area contributed by atoms with Crippen molar-refractivity contribution in [2.45, 2.75) is 44.3 Å². The quantitative estimate of drug-likeness (QED) is 0.905. The van der Waals surface area contributed by atoms with Gasteiger partial charge in [0.25, 0.3) is 0 Å². The summed E-state index contributed by atoms with van der Waals surface area (Å²) in [4.78, 5) is 0. The van der Waals surface area contributed by atoms with Crippen molar-refractivity contribution in [3.8, 4) is 0 Å². The van der Waals surface area contributed by atoms with E-state index in [4.69, 9.17) is 4.74 Å². The van der Waals surface area contributed by atoms with Gasteiger partial charge in [-0.15, -0.1) is 0 Å². The highest BCUT2D eigenvalue weighted by Gasteiger charge is 2.39. The molecule has 2 nitrogen and oxygen atoms in total. The highest BCUT2D eigenvalue weighted by Crippen LogP contribution is 2.34. The van der Waals surface area contributed by atoms with Crippen LogP contribution in [-0.4, -0.2) is 22.9 Å². The molecular formula is C14H18BrFO2. The zero-order chi connectivity index (χ0) is 13.4. The van der Waals surface area contributed by atoms with Gasteiger partial charge in [-0.1, -0.05) is 6.07 Å². The number of aliphatic hydroxyl groups is 1. The van der Waals surface area contributed by atoms with Crippen molar-refractivity contribution in [3.05, 3.63) is 34.1 Å². The Hall–Kier alpha value is -0.450. The Bertz CT molecular complexity index is 447. The monoisotopic (exact) mass is 316 g/mol. The summed E-state index contributed by atoms with van der Waals surface area (Å²) in [5.74, 6) is -0.280. The average Bonchev–Trinajstić information content (AvgIpc) is 2.21. The first-order chi connectivity index (χ1) is 8.30. The second-order valence-corrected chi connectivity index (χ2v) is 6.54. The van der Waals surface area contributed by atoms with Crippen LogP contribution < -0.4 is 0 Å². The van der Waals surface area contributed by atoms with Gasteiger partial charge in [-0.25, -0.2) is 4.39 Å². The van der Waals surface area contributed by atoms with Crippen molar-refractivity contribution >= 4 is 15.9 Å². The maximum Gasteiger partial charge on any atom is 0.137 e. The van der Waals surface area contributed by atoms with Gasteiger partial charge in [0.15, 0.2) is 0 Å². The van der Waals surface area contributed by atoms with E-state index >= 15 is 0 Å². The number of rotatable bonds is 2. The molecule has 0 radical (unpaired) electrons.